The van der Waals surface area contributed by atoms with Gasteiger partial charge in [0.15, 0.2) is 12.6 Å². The number of aliphatic hydroxyl groups excluding tert-OH is 10. The molecule has 0 aromatic heterocycles. The van der Waals surface area contributed by atoms with Gasteiger partial charge in [-0.3, -0.25) is 0 Å². The SMILES string of the molecule is CC(CCC(OC1OC(CO)C(O)C(O)C1O)C(C)(C)O)C1CCC2(C)C3C(O)CC4C(C)(COC5OC(CO)C(O)C(O)C5O)C(O)CCC45CC35CCC12C. The van der Waals surface area contributed by atoms with E-state index in [0.717, 1.165) is 38.5 Å². The summed E-state index contributed by atoms with van der Waals surface area (Å²) in [5, 5.41) is 117. The fraction of sp³-hybridized carbons (Fsp3) is 1.00. The van der Waals surface area contributed by atoms with E-state index < -0.39 is 104 Å². The Balaban J connectivity index is 1.05. The van der Waals surface area contributed by atoms with Crippen LogP contribution in [0.3, 0.4) is 0 Å². The molecule has 57 heavy (non-hydrogen) atoms. The molecule has 2 saturated heterocycles. The molecule has 11 N–H and O–H groups in total. The number of hydrogen-bond acceptors (Lipinski definition) is 15. The summed E-state index contributed by atoms with van der Waals surface area (Å²) in [5.74, 6) is 0.571. The molecule has 5 aliphatic carbocycles. The highest BCUT2D eigenvalue weighted by molar-refractivity contribution is 5.32. The second-order valence-electron chi connectivity index (χ2n) is 20.9. The molecule has 2 spiro atoms. The molecule has 0 bridgehead atoms. The van der Waals surface area contributed by atoms with Crippen LogP contribution in [0.25, 0.3) is 0 Å². The van der Waals surface area contributed by atoms with E-state index in [2.05, 4.69) is 20.8 Å². The summed E-state index contributed by atoms with van der Waals surface area (Å²) in [6.45, 7) is 11.2. The van der Waals surface area contributed by atoms with Crippen LogP contribution < -0.4 is 0 Å². The molecule has 7 aliphatic rings. The second kappa shape index (κ2) is 15.3. The lowest BCUT2D eigenvalue weighted by molar-refractivity contribution is -0.322. The highest BCUT2D eigenvalue weighted by atomic mass is 16.7. The zero-order valence-electron chi connectivity index (χ0n) is 34.6. The Morgan fingerprint density at radius 3 is 1.89 bits per heavy atom. The number of aliphatic hydroxyl groups is 11. The van der Waals surface area contributed by atoms with Gasteiger partial charge in [-0.15, -0.1) is 0 Å². The van der Waals surface area contributed by atoms with E-state index in [4.69, 9.17) is 18.9 Å². The van der Waals surface area contributed by atoms with Gasteiger partial charge in [-0.05, 0) is 123 Å². The van der Waals surface area contributed by atoms with Gasteiger partial charge in [-0.1, -0.05) is 27.7 Å². The van der Waals surface area contributed by atoms with Crippen LogP contribution in [-0.2, 0) is 18.9 Å². The van der Waals surface area contributed by atoms with E-state index >= 15 is 0 Å². The number of rotatable bonds is 12. The Bertz CT molecular complexity index is 1430. The fourth-order valence-corrected chi connectivity index (χ4v) is 14.3. The lowest BCUT2D eigenvalue weighted by Gasteiger charge is -2.64. The Morgan fingerprint density at radius 2 is 1.30 bits per heavy atom. The van der Waals surface area contributed by atoms with Crippen LogP contribution in [0.15, 0.2) is 0 Å². The highest BCUT2D eigenvalue weighted by Crippen LogP contribution is 2.89. The fourth-order valence-electron chi connectivity index (χ4n) is 14.3. The third-order valence-electron chi connectivity index (χ3n) is 17.8. The Morgan fingerprint density at radius 1 is 0.702 bits per heavy atom. The molecule has 2 aliphatic heterocycles. The van der Waals surface area contributed by atoms with Crippen LogP contribution in [-0.4, -0.2) is 161 Å². The van der Waals surface area contributed by atoms with Crippen LogP contribution in [0.2, 0.25) is 0 Å². The summed E-state index contributed by atoms with van der Waals surface area (Å²) < 4.78 is 23.5. The van der Waals surface area contributed by atoms with Gasteiger partial charge in [-0.25, -0.2) is 0 Å². The molecule has 22 atom stereocenters. The smallest absolute Gasteiger partial charge is 0.187 e. The zero-order valence-corrected chi connectivity index (χ0v) is 34.6. The van der Waals surface area contributed by atoms with Crippen molar-refractivity contribution in [2.75, 3.05) is 19.8 Å². The van der Waals surface area contributed by atoms with Crippen molar-refractivity contribution in [3.05, 3.63) is 0 Å². The molecule has 5 saturated carbocycles. The van der Waals surface area contributed by atoms with Crippen LogP contribution in [0.1, 0.15) is 106 Å². The Labute approximate surface area is 336 Å². The zero-order chi connectivity index (χ0) is 41.8. The lowest BCUT2D eigenvalue weighted by atomic mass is 9.41. The van der Waals surface area contributed by atoms with Crippen LogP contribution in [0.4, 0.5) is 0 Å². The maximum Gasteiger partial charge on any atom is 0.187 e. The molecule has 22 unspecified atom stereocenters. The summed E-state index contributed by atoms with van der Waals surface area (Å²) in [5.41, 5.74) is -2.51. The minimum absolute atomic E-state index is 0.0110. The van der Waals surface area contributed by atoms with E-state index in [1.54, 1.807) is 13.8 Å². The van der Waals surface area contributed by atoms with E-state index in [1.165, 1.54) is 0 Å². The number of ether oxygens (including phenoxy) is 4. The minimum Gasteiger partial charge on any atom is -0.394 e. The van der Waals surface area contributed by atoms with Crippen molar-refractivity contribution in [2.45, 2.75) is 191 Å². The molecule has 330 valence electrons. The van der Waals surface area contributed by atoms with Crippen molar-refractivity contribution in [2.24, 2.45) is 50.7 Å². The van der Waals surface area contributed by atoms with E-state index in [0.29, 0.717) is 31.6 Å². The van der Waals surface area contributed by atoms with Crippen LogP contribution in [0, 0.1) is 50.7 Å². The maximum absolute atomic E-state index is 12.4. The molecular formula is C42H72O15. The first-order chi connectivity index (χ1) is 26.6. The summed E-state index contributed by atoms with van der Waals surface area (Å²) in [6, 6.07) is 0. The number of fused-ring (bicyclic) bond motifs is 2. The van der Waals surface area contributed by atoms with Gasteiger partial charge in [0.05, 0.1) is 43.7 Å². The molecule has 0 radical (unpaired) electrons. The van der Waals surface area contributed by atoms with Gasteiger partial charge in [0.2, 0.25) is 0 Å². The minimum atomic E-state index is -1.58. The largest absolute Gasteiger partial charge is 0.394 e. The highest BCUT2D eigenvalue weighted by Gasteiger charge is 2.84. The van der Waals surface area contributed by atoms with Gasteiger partial charge >= 0.3 is 0 Å². The first kappa shape index (κ1) is 44.5. The van der Waals surface area contributed by atoms with E-state index in [9.17, 15) is 56.2 Å². The third-order valence-corrected chi connectivity index (χ3v) is 17.8. The van der Waals surface area contributed by atoms with Crippen LogP contribution in [0.5, 0.6) is 0 Å². The van der Waals surface area contributed by atoms with Crippen molar-refractivity contribution in [1.82, 2.24) is 0 Å². The average Bonchev–Trinajstić information content (AvgIpc) is 3.73. The van der Waals surface area contributed by atoms with Crippen molar-refractivity contribution in [3.63, 3.8) is 0 Å². The lowest BCUT2D eigenvalue weighted by Crippen LogP contribution is -2.63. The monoisotopic (exact) mass is 816 g/mol. The predicted molar refractivity (Wildman–Crippen MR) is 202 cm³/mol. The average molecular weight is 817 g/mol. The third kappa shape index (κ3) is 6.71. The molecular weight excluding hydrogens is 744 g/mol. The Kier molecular flexibility index (Phi) is 12.0. The summed E-state index contributed by atoms with van der Waals surface area (Å²) in [4.78, 5) is 0. The Hall–Kier alpha value is -0.600. The standard InChI is InChI=1S/C42H72O15/c1-20(7-8-27(37(2,3)53)57-36-33(52)31(50)29(48)24(17-44)56-36)21-9-11-40(6)34-22(45)15-25-38(4,19-54-35-32(51)30(49)28(47)23(16-43)55-35)26(46)10-12-41(25)18-42(34,41)14-13-39(21,40)5/h20-36,43-53H,7-19H2,1-6H3. The molecule has 0 aromatic carbocycles. The van der Waals surface area contributed by atoms with E-state index in [1.807, 2.05) is 6.92 Å². The quantitative estimate of drug-likeness (QED) is 0.123. The first-order valence-corrected chi connectivity index (χ1v) is 21.5. The molecule has 7 rings (SSSR count). The van der Waals surface area contributed by atoms with E-state index in [-0.39, 0.29) is 46.0 Å². The summed E-state index contributed by atoms with van der Waals surface area (Å²) in [6.07, 6.45) is -8.25. The van der Waals surface area contributed by atoms with Gasteiger partial charge in [0.25, 0.3) is 0 Å². The van der Waals surface area contributed by atoms with Crippen molar-refractivity contribution < 1.29 is 75.1 Å². The van der Waals surface area contributed by atoms with Gasteiger partial charge < -0.3 is 75.1 Å². The van der Waals surface area contributed by atoms with Crippen molar-refractivity contribution in [3.8, 4) is 0 Å². The van der Waals surface area contributed by atoms with Gasteiger partial charge in [0.1, 0.15) is 48.8 Å². The van der Waals surface area contributed by atoms with Crippen LogP contribution >= 0.6 is 0 Å². The van der Waals surface area contributed by atoms with Crippen molar-refractivity contribution in [1.29, 1.82) is 0 Å². The molecule has 2 heterocycles. The van der Waals surface area contributed by atoms with Gasteiger partial charge in [0, 0.05) is 5.41 Å². The first-order valence-electron chi connectivity index (χ1n) is 21.5. The summed E-state index contributed by atoms with van der Waals surface area (Å²) >= 11 is 0. The molecule has 0 aromatic rings. The topological polar surface area (TPSA) is 259 Å². The maximum atomic E-state index is 12.4. The number of hydrogen-bond donors (Lipinski definition) is 11. The molecule has 15 heteroatoms. The predicted octanol–water partition coefficient (Wildman–Crippen LogP) is -0.0739. The summed E-state index contributed by atoms with van der Waals surface area (Å²) in [7, 11) is 0. The van der Waals surface area contributed by atoms with Crippen molar-refractivity contribution >= 4 is 0 Å². The molecule has 7 fully saturated rings. The molecule has 0 amide bonds. The second-order valence-corrected chi connectivity index (χ2v) is 20.9. The normalized spacial score (nSPS) is 54.6. The molecule has 15 nitrogen and oxygen atoms in total. The van der Waals surface area contributed by atoms with Gasteiger partial charge in [-0.2, -0.15) is 0 Å².